The molecule has 3 heterocycles. The summed E-state index contributed by atoms with van der Waals surface area (Å²) in [5, 5.41) is 7.97. The summed E-state index contributed by atoms with van der Waals surface area (Å²) in [5.41, 5.74) is 11.5. The van der Waals surface area contributed by atoms with Gasteiger partial charge in [-0.05, 0) is 58.5 Å². The van der Waals surface area contributed by atoms with Gasteiger partial charge in [0.1, 0.15) is 5.82 Å². The maximum Gasteiger partial charge on any atom is 0.221 e. The minimum absolute atomic E-state index is 0.246. The minimum atomic E-state index is 0.246. The SMILES string of the molecule is C=CCNCc1ccc2sc(-c3cc(Nc4ccnc(N)n4)cc4c3CN=C4)cc2c1. The molecule has 5 rings (SSSR count). The lowest BCUT2D eigenvalue weighted by Gasteiger charge is -2.12. The number of nitrogens with zero attached hydrogens (tertiary/aromatic N) is 3. The molecule has 0 atom stereocenters. The summed E-state index contributed by atoms with van der Waals surface area (Å²) >= 11 is 1.81. The van der Waals surface area contributed by atoms with E-state index in [0.717, 1.165) is 24.3 Å². The lowest BCUT2D eigenvalue weighted by molar-refractivity contribution is 0.761. The van der Waals surface area contributed by atoms with Crippen molar-refractivity contribution in [2.45, 2.75) is 13.1 Å². The van der Waals surface area contributed by atoms with Crippen LogP contribution in [0, 0.1) is 0 Å². The van der Waals surface area contributed by atoms with Crippen LogP contribution in [0.2, 0.25) is 0 Å². The third kappa shape index (κ3) is 4.05. The number of hydrogen-bond acceptors (Lipinski definition) is 7. The molecule has 2 aromatic heterocycles. The van der Waals surface area contributed by atoms with Crippen LogP contribution in [0.5, 0.6) is 0 Å². The molecule has 31 heavy (non-hydrogen) atoms. The average Bonchev–Trinajstić information content (AvgIpc) is 3.40. The summed E-state index contributed by atoms with van der Waals surface area (Å²) in [6, 6.07) is 15.0. The van der Waals surface area contributed by atoms with Crippen molar-refractivity contribution in [2.75, 3.05) is 17.6 Å². The van der Waals surface area contributed by atoms with Gasteiger partial charge in [0.05, 0.1) is 6.54 Å². The number of nitrogen functional groups attached to an aromatic ring is 1. The lowest BCUT2D eigenvalue weighted by Crippen LogP contribution is -2.12. The predicted octanol–water partition coefficient (Wildman–Crippen LogP) is 4.89. The molecule has 7 heteroatoms. The highest BCUT2D eigenvalue weighted by Crippen LogP contribution is 2.39. The van der Waals surface area contributed by atoms with Gasteiger partial charge in [-0.3, -0.25) is 4.99 Å². The Labute approximate surface area is 184 Å². The highest BCUT2D eigenvalue weighted by molar-refractivity contribution is 7.22. The number of nitrogens with one attached hydrogen (secondary N) is 2. The van der Waals surface area contributed by atoms with Gasteiger partial charge in [0.2, 0.25) is 5.95 Å². The standard InChI is InChI=1S/C24H22N6S/c1-2-6-26-12-15-3-4-21-16(8-15)10-22(31-21)19-11-18(9-17-13-27-14-20(17)19)29-23-5-7-28-24(25)30-23/h2-5,7-11,13,26H,1,6,12,14H2,(H3,25,28,29,30). The minimum Gasteiger partial charge on any atom is -0.368 e. The fraction of sp³-hybridized carbons (Fsp3) is 0.125. The molecular formula is C24H22N6S. The Hall–Kier alpha value is -3.55. The molecule has 0 radical (unpaired) electrons. The molecule has 1 aliphatic rings. The van der Waals surface area contributed by atoms with Crippen LogP contribution in [0.15, 0.2) is 66.3 Å². The summed E-state index contributed by atoms with van der Waals surface area (Å²) < 4.78 is 1.28. The van der Waals surface area contributed by atoms with Crippen LogP contribution in [0.3, 0.4) is 0 Å². The van der Waals surface area contributed by atoms with Crippen LogP contribution in [0.25, 0.3) is 20.5 Å². The lowest BCUT2D eigenvalue weighted by atomic mass is 10.00. The molecular weight excluding hydrogens is 404 g/mol. The molecule has 0 unspecified atom stereocenters. The average molecular weight is 427 g/mol. The van der Waals surface area contributed by atoms with Gasteiger partial charge in [-0.1, -0.05) is 12.1 Å². The van der Waals surface area contributed by atoms with E-state index < -0.39 is 0 Å². The Balaban J connectivity index is 1.51. The topological polar surface area (TPSA) is 88.2 Å². The van der Waals surface area contributed by atoms with Crippen LogP contribution in [-0.2, 0) is 13.1 Å². The Morgan fingerprint density at radius 3 is 2.97 bits per heavy atom. The molecule has 0 bridgehead atoms. The van der Waals surface area contributed by atoms with Crippen molar-refractivity contribution >= 4 is 45.1 Å². The van der Waals surface area contributed by atoms with Crippen molar-refractivity contribution in [3.63, 3.8) is 0 Å². The van der Waals surface area contributed by atoms with Crippen LogP contribution in [0.4, 0.5) is 17.5 Å². The fourth-order valence-electron chi connectivity index (χ4n) is 3.76. The Morgan fingerprint density at radius 1 is 1.16 bits per heavy atom. The highest BCUT2D eigenvalue weighted by atomic mass is 32.1. The van der Waals surface area contributed by atoms with Gasteiger partial charge in [0.25, 0.3) is 0 Å². The molecule has 2 aromatic carbocycles. The number of nitrogens with two attached hydrogens (primary N) is 1. The van der Waals surface area contributed by atoms with Crippen molar-refractivity contribution in [3.8, 4) is 10.4 Å². The van der Waals surface area contributed by atoms with E-state index in [1.165, 1.54) is 31.7 Å². The van der Waals surface area contributed by atoms with Gasteiger partial charge in [-0.15, -0.1) is 17.9 Å². The molecule has 0 aliphatic carbocycles. The first-order valence-electron chi connectivity index (χ1n) is 10.1. The number of thiophene rings is 1. The first kappa shape index (κ1) is 19.4. The van der Waals surface area contributed by atoms with Crippen molar-refractivity contribution in [1.82, 2.24) is 15.3 Å². The van der Waals surface area contributed by atoms with Crippen LogP contribution in [0.1, 0.15) is 16.7 Å². The van der Waals surface area contributed by atoms with E-state index in [1.807, 2.05) is 12.3 Å². The number of fused-ring (bicyclic) bond motifs is 2. The molecule has 0 fully saturated rings. The second kappa shape index (κ2) is 8.29. The van der Waals surface area contributed by atoms with Crippen molar-refractivity contribution in [2.24, 2.45) is 4.99 Å². The van der Waals surface area contributed by atoms with E-state index in [-0.39, 0.29) is 5.95 Å². The Kier molecular flexibility index (Phi) is 5.19. The van der Waals surface area contributed by atoms with Gasteiger partial charge in [0, 0.05) is 46.3 Å². The molecule has 1 aliphatic heterocycles. The molecule has 6 nitrogen and oxygen atoms in total. The predicted molar refractivity (Wildman–Crippen MR) is 130 cm³/mol. The maximum atomic E-state index is 5.73. The molecule has 0 saturated carbocycles. The van der Waals surface area contributed by atoms with E-state index >= 15 is 0 Å². The van der Waals surface area contributed by atoms with Crippen molar-refractivity contribution in [3.05, 3.63) is 78.0 Å². The molecule has 0 saturated heterocycles. The second-order valence-electron chi connectivity index (χ2n) is 7.39. The van der Waals surface area contributed by atoms with E-state index in [4.69, 9.17) is 5.73 Å². The summed E-state index contributed by atoms with van der Waals surface area (Å²) in [5.74, 6) is 0.914. The van der Waals surface area contributed by atoms with Crippen LogP contribution in [-0.4, -0.2) is 22.7 Å². The van der Waals surface area contributed by atoms with Gasteiger partial charge < -0.3 is 16.4 Å². The van der Waals surface area contributed by atoms with Gasteiger partial charge >= 0.3 is 0 Å². The molecule has 4 aromatic rings. The maximum absolute atomic E-state index is 5.73. The smallest absolute Gasteiger partial charge is 0.221 e. The molecule has 0 amide bonds. The van der Waals surface area contributed by atoms with Crippen LogP contribution < -0.4 is 16.4 Å². The van der Waals surface area contributed by atoms with Crippen molar-refractivity contribution in [1.29, 1.82) is 0 Å². The van der Waals surface area contributed by atoms with Gasteiger partial charge in [0.15, 0.2) is 0 Å². The number of aromatic nitrogens is 2. The zero-order valence-corrected chi connectivity index (χ0v) is 17.7. The Morgan fingerprint density at radius 2 is 2.10 bits per heavy atom. The zero-order valence-electron chi connectivity index (χ0n) is 16.9. The van der Waals surface area contributed by atoms with E-state index in [0.29, 0.717) is 12.4 Å². The van der Waals surface area contributed by atoms with Crippen LogP contribution >= 0.6 is 11.3 Å². The Bertz CT molecular complexity index is 1310. The fourth-order valence-corrected chi connectivity index (χ4v) is 4.85. The largest absolute Gasteiger partial charge is 0.368 e. The third-order valence-corrected chi connectivity index (χ3v) is 6.32. The quantitative estimate of drug-likeness (QED) is 0.289. The summed E-state index contributed by atoms with van der Waals surface area (Å²) in [6.07, 6.45) is 5.46. The normalized spacial score (nSPS) is 12.3. The second-order valence-corrected chi connectivity index (χ2v) is 8.47. The summed E-state index contributed by atoms with van der Waals surface area (Å²) in [6.45, 7) is 6.09. The van der Waals surface area contributed by atoms with E-state index in [1.54, 1.807) is 23.6 Å². The number of rotatable bonds is 7. The van der Waals surface area contributed by atoms with E-state index in [2.05, 4.69) is 68.6 Å². The summed E-state index contributed by atoms with van der Waals surface area (Å²) in [4.78, 5) is 13.9. The number of benzene rings is 2. The van der Waals surface area contributed by atoms with Gasteiger partial charge in [-0.25, -0.2) is 4.98 Å². The number of anilines is 3. The monoisotopic (exact) mass is 426 g/mol. The van der Waals surface area contributed by atoms with Crippen molar-refractivity contribution < 1.29 is 0 Å². The van der Waals surface area contributed by atoms with E-state index in [9.17, 15) is 0 Å². The first-order chi connectivity index (χ1) is 15.2. The molecule has 154 valence electrons. The van der Waals surface area contributed by atoms with Gasteiger partial charge in [-0.2, -0.15) is 4.98 Å². The zero-order chi connectivity index (χ0) is 21.2. The molecule has 0 spiro atoms. The highest BCUT2D eigenvalue weighted by Gasteiger charge is 2.17. The number of hydrogen-bond donors (Lipinski definition) is 3. The number of aliphatic imine (C=N–C) groups is 1. The molecule has 4 N–H and O–H groups in total. The first-order valence-corrected chi connectivity index (χ1v) is 10.9. The summed E-state index contributed by atoms with van der Waals surface area (Å²) in [7, 11) is 0. The third-order valence-electron chi connectivity index (χ3n) is 5.17.